The maximum atomic E-state index is 5.34. The summed E-state index contributed by atoms with van der Waals surface area (Å²) in [5, 5.41) is 0. The van der Waals surface area contributed by atoms with Crippen LogP contribution in [0.5, 0.6) is 5.88 Å². The first-order valence-electron chi connectivity index (χ1n) is 6.35. The molecule has 0 amide bonds. The Morgan fingerprint density at radius 1 is 1.33 bits per heavy atom. The van der Waals surface area contributed by atoms with Crippen molar-refractivity contribution in [1.82, 2.24) is 14.9 Å². The topological polar surface area (TPSA) is 67.5 Å². The van der Waals surface area contributed by atoms with Crippen LogP contribution in [0.3, 0.4) is 0 Å². The van der Waals surface area contributed by atoms with Crippen LogP contribution in [-0.2, 0) is 0 Å². The van der Waals surface area contributed by atoms with Gasteiger partial charge in [0.05, 0.1) is 0 Å². The van der Waals surface area contributed by atoms with Gasteiger partial charge in [0, 0.05) is 44.5 Å². The summed E-state index contributed by atoms with van der Waals surface area (Å²) in [6.45, 7) is 8.57. The highest BCUT2D eigenvalue weighted by molar-refractivity contribution is 5.32. The number of hydrogen-bond donors (Lipinski definition) is 1. The molecule has 0 atom stereocenters. The first-order chi connectivity index (χ1) is 8.70. The monoisotopic (exact) mass is 251 g/mol. The van der Waals surface area contributed by atoms with Crippen molar-refractivity contribution in [2.24, 2.45) is 5.73 Å². The standard InChI is InChI=1S/C12H21N5O/c1-10(2)16-5-7-17(8-6-16)12-14-4-3-11(15-12)18-9-13/h3-4,10H,5-9,13H2,1-2H3. The van der Waals surface area contributed by atoms with E-state index < -0.39 is 0 Å². The zero-order chi connectivity index (χ0) is 13.0. The van der Waals surface area contributed by atoms with E-state index in [0.717, 1.165) is 32.1 Å². The van der Waals surface area contributed by atoms with Crippen molar-refractivity contribution in [2.45, 2.75) is 19.9 Å². The van der Waals surface area contributed by atoms with Crippen LogP contribution >= 0.6 is 0 Å². The van der Waals surface area contributed by atoms with Crippen LogP contribution in [0.15, 0.2) is 12.3 Å². The summed E-state index contributed by atoms with van der Waals surface area (Å²) in [5.41, 5.74) is 5.34. The van der Waals surface area contributed by atoms with Crippen molar-refractivity contribution in [3.63, 3.8) is 0 Å². The fourth-order valence-electron chi connectivity index (χ4n) is 2.09. The Kier molecular flexibility index (Phi) is 4.33. The zero-order valence-electron chi connectivity index (χ0n) is 11.0. The molecule has 0 aromatic carbocycles. The first-order valence-corrected chi connectivity index (χ1v) is 6.35. The maximum Gasteiger partial charge on any atom is 0.228 e. The molecule has 0 aliphatic carbocycles. The van der Waals surface area contributed by atoms with Gasteiger partial charge >= 0.3 is 0 Å². The molecule has 100 valence electrons. The van der Waals surface area contributed by atoms with E-state index in [-0.39, 0.29) is 6.73 Å². The summed E-state index contributed by atoms with van der Waals surface area (Å²) in [6, 6.07) is 2.32. The summed E-state index contributed by atoms with van der Waals surface area (Å²) >= 11 is 0. The van der Waals surface area contributed by atoms with Crippen molar-refractivity contribution in [3.8, 4) is 5.88 Å². The molecule has 0 radical (unpaired) electrons. The van der Waals surface area contributed by atoms with Crippen LogP contribution in [-0.4, -0.2) is 53.8 Å². The second-order valence-electron chi connectivity index (χ2n) is 4.62. The fourth-order valence-corrected chi connectivity index (χ4v) is 2.09. The van der Waals surface area contributed by atoms with Gasteiger partial charge in [0.2, 0.25) is 11.8 Å². The molecule has 0 saturated carbocycles. The highest BCUT2D eigenvalue weighted by atomic mass is 16.5. The second kappa shape index (κ2) is 5.97. The van der Waals surface area contributed by atoms with E-state index in [4.69, 9.17) is 10.5 Å². The summed E-state index contributed by atoms with van der Waals surface area (Å²) in [5.74, 6) is 1.26. The van der Waals surface area contributed by atoms with Crippen molar-refractivity contribution in [2.75, 3.05) is 37.8 Å². The average molecular weight is 251 g/mol. The molecule has 2 heterocycles. The molecule has 1 aliphatic rings. The summed E-state index contributed by atoms with van der Waals surface area (Å²) in [4.78, 5) is 13.3. The predicted molar refractivity (Wildman–Crippen MR) is 70.6 cm³/mol. The molecule has 1 aliphatic heterocycles. The third-order valence-electron chi connectivity index (χ3n) is 3.18. The second-order valence-corrected chi connectivity index (χ2v) is 4.62. The lowest BCUT2D eigenvalue weighted by Gasteiger charge is -2.36. The Morgan fingerprint density at radius 2 is 2.06 bits per heavy atom. The van der Waals surface area contributed by atoms with Gasteiger partial charge in [-0.25, -0.2) is 4.98 Å². The molecule has 1 aromatic heterocycles. The smallest absolute Gasteiger partial charge is 0.228 e. The highest BCUT2D eigenvalue weighted by Gasteiger charge is 2.20. The van der Waals surface area contributed by atoms with Gasteiger partial charge in [0.1, 0.15) is 6.73 Å². The molecular formula is C12H21N5O. The van der Waals surface area contributed by atoms with E-state index >= 15 is 0 Å². The van der Waals surface area contributed by atoms with Gasteiger partial charge in [-0.05, 0) is 13.8 Å². The molecule has 18 heavy (non-hydrogen) atoms. The largest absolute Gasteiger partial charge is 0.462 e. The number of hydrogen-bond acceptors (Lipinski definition) is 6. The molecule has 0 bridgehead atoms. The quantitative estimate of drug-likeness (QED) is 0.776. The summed E-state index contributed by atoms with van der Waals surface area (Å²) in [6.07, 6.45) is 1.71. The van der Waals surface area contributed by atoms with E-state index in [2.05, 4.69) is 33.6 Å². The molecule has 2 rings (SSSR count). The molecule has 6 heteroatoms. The number of nitrogens with zero attached hydrogens (tertiary/aromatic N) is 4. The highest BCUT2D eigenvalue weighted by Crippen LogP contribution is 2.15. The Hall–Kier alpha value is -1.40. The van der Waals surface area contributed by atoms with Crippen molar-refractivity contribution in [3.05, 3.63) is 12.3 Å². The minimum absolute atomic E-state index is 0.136. The molecule has 2 N–H and O–H groups in total. The molecule has 0 spiro atoms. The average Bonchev–Trinajstić information content (AvgIpc) is 2.39. The first kappa shape index (κ1) is 13.0. The normalized spacial score (nSPS) is 17.2. The minimum atomic E-state index is 0.136. The molecule has 6 nitrogen and oxygen atoms in total. The van der Waals surface area contributed by atoms with E-state index in [1.165, 1.54) is 0 Å². The number of ether oxygens (including phenoxy) is 1. The third-order valence-corrected chi connectivity index (χ3v) is 3.18. The van der Waals surface area contributed by atoms with Gasteiger partial charge in [0.25, 0.3) is 0 Å². The fraction of sp³-hybridized carbons (Fsp3) is 0.667. The van der Waals surface area contributed by atoms with E-state index in [9.17, 15) is 0 Å². The zero-order valence-corrected chi connectivity index (χ0v) is 11.0. The number of anilines is 1. The molecule has 1 fully saturated rings. The Balaban J connectivity index is 1.98. The van der Waals surface area contributed by atoms with Crippen molar-refractivity contribution < 1.29 is 4.74 Å². The third kappa shape index (κ3) is 3.08. The lowest BCUT2D eigenvalue weighted by atomic mass is 10.2. The molecule has 1 saturated heterocycles. The van der Waals surface area contributed by atoms with Gasteiger partial charge in [-0.3, -0.25) is 10.6 Å². The number of piperazine rings is 1. The minimum Gasteiger partial charge on any atom is -0.462 e. The van der Waals surface area contributed by atoms with E-state index in [0.29, 0.717) is 11.9 Å². The molecular weight excluding hydrogens is 230 g/mol. The van der Waals surface area contributed by atoms with Crippen LogP contribution < -0.4 is 15.4 Å². The van der Waals surface area contributed by atoms with Crippen molar-refractivity contribution >= 4 is 5.95 Å². The van der Waals surface area contributed by atoms with Gasteiger partial charge in [-0.2, -0.15) is 4.98 Å². The Labute approximate surface area is 108 Å². The van der Waals surface area contributed by atoms with E-state index in [1.54, 1.807) is 12.3 Å². The summed E-state index contributed by atoms with van der Waals surface area (Å²) < 4.78 is 5.19. The number of aromatic nitrogens is 2. The SMILES string of the molecule is CC(C)N1CCN(c2nccc(OCN)n2)CC1. The van der Waals surface area contributed by atoms with Gasteiger partial charge in [-0.1, -0.05) is 0 Å². The van der Waals surface area contributed by atoms with Gasteiger partial charge in [0.15, 0.2) is 0 Å². The summed E-state index contributed by atoms with van der Waals surface area (Å²) in [7, 11) is 0. The van der Waals surface area contributed by atoms with Gasteiger partial charge < -0.3 is 9.64 Å². The molecule has 0 unspecified atom stereocenters. The van der Waals surface area contributed by atoms with Crippen LogP contribution in [0, 0.1) is 0 Å². The predicted octanol–water partition coefficient (Wildman–Crippen LogP) is 0.302. The van der Waals surface area contributed by atoms with Crippen LogP contribution in [0.1, 0.15) is 13.8 Å². The maximum absolute atomic E-state index is 5.34. The lowest BCUT2D eigenvalue weighted by Crippen LogP contribution is -2.49. The van der Waals surface area contributed by atoms with Crippen molar-refractivity contribution in [1.29, 1.82) is 0 Å². The Morgan fingerprint density at radius 3 is 2.67 bits per heavy atom. The van der Waals surface area contributed by atoms with E-state index in [1.807, 2.05) is 0 Å². The van der Waals surface area contributed by atoms with Crippen LogP contribution in [0.25, 0.3) is 0 Å². The van der Waals surface area contributed by atoms with Crippen LogP contribution in [0.2, 0.25) is 0 Å². The molecule has 1 aromatic rings. The van der Waals surface area contributed by atoms with Gasteiger partial charge in [-0.15, -0.1) is 0 Å². The van der Waals surface area contributed by atoms with Crippen LogP contribution in [0.4, 0.5) is 5.95 Å². The number of rotatable bonds is 4. The Bertz CT molecular complexity index is 376. The lowest BCUT2D eigenvalue weighted by molar-refractivity contribution is 0.208. The number of nitrogens with two attached hydrogens (primary N) is 1.